The van der Waals surface area contributed by atoms with Crippen molar-refractivity contribution in [2.45, 2.75) is 43.1 Å². The normalized spacial score (nSPS) is 25.7. The maximum atomic E-state index is 12.9. The van der Waals surface area contributed by atoms with Gasteiger partial charge in [0.05, 0.1) is 23.8 Å². The highest BCUT2D eigenvalue weighted by molar-refractivity contribution is 7.88. The minimum absolute atomic E-state index is 0.0258. The lowest BCUT2D eigenvalue weighted by atomic mass is 10.2. The van der Waals surface area contributed by atoms with Gasteiger partial charge in [0.25, 0.3) is 0 Å². The van der Waals surface area contributed by atoms with Gasteiger partial charge >= 0.3 is 0 Å². The van der Waals surface area contributed by atoms with E-state index in [1.54, 1.807) is 10.5 Å². The molecule has 0 spiro atoms. The van der Waals surface area contributed by atoms with Crippen LogP contribution in [0.1, 0.15) is 36.4 Å². The maximum Gasteiger partial charge on any atom is 0.232 e. The van der Waals surface area contributed by atoms with Crippen molar-refractivity contribution in [3.05, 3.63) is 54.0 Å². The number of hydrogen-bond donors (Lipinski definition) is 0. The van der Waals surface area contributed by atoms with Crippen LogP contribution in [0.3, 0.4) is 0 Å². The molecule has 3 aliphatic rings. The molecule has 2 saturated heterocycles. The van der Waals surface area contributed by atoms with Crippen molar-refractivity contribution >= 4 is 10.0 Å². The predicted octanol–water partition coefficient (Wildman–Crippen LogP) is 2.02. The summed E-state index contributed by atoms with van der Waals surface area (Å²) in [5, 5.41) is 0. The van der Waals surface area contributed by atoms with Gasteiger partial charge in [-0.3, -0.25) is 9.88 Å². The van der Waals surface area contributed by atoms with Crippen LogP contribution in [-0.2, 0) is 15.8 Å². The van der Waals surface area contributed by atoms with Crippen molar-refractivity contribution in [1.29, 1.82) is 0 Å². The Labute approximate surface area is 171 Å². The molecule has 0 amide bonds. The van der Waals surface area contributed by atoms with Crippen molar-refractivity contribution < 1.29 is 13.2 Å². The predicted molar refractivity (Wildman–Crippen MR) is 109 cm³/mol. The van der Waals surface area contributed by atoms with Gasteiger partial charge in [-0.25, -0.2) is 13.4 Å². The molecule has 2 atom stereocenters. The topological polar surface area (TPSA) is 75.6 Å². The van der Waals surface area contributed by atoms with E-state index in [-0.39, 0.29) is 17.9 Å². The Kier molecular flexibility index (Phi) is 5.01. The van der Waals surface area contributed by atoms with Crippen LogP contribution >= 0.6 is 0 Å². The van der Waals surface area contributed by atoms with Crippen LogP contribution < -0.4 is 4.74 Å². The fourth-order valence-electron chi connectivity index (χ4n) is 4.33. The summed E-state index contributed by atoms with van der Waals surface area (Å²) in [5.74, 6) is 1.21. The molecule has 2 aromatic rings. The number of nitrogens with zero attached hydrogens (tertiary/aromatic N) is 4. The molecule has 0 bridgehead atoms. The summed E-state index contributed by atoms with van der Waals surface area (Å²) >= 11 is 0. The molecule has 5 rings (SSSR count). The summed E-state index contributed by atoms with van der Waals surface area (Å²) in [7, 11) is -3.31. The molecule has 3 fully saturated rings. The third-order valence-electron chi connectivity index (χ3n) is 6.06. The quantitative estimate of drug-likeness (QED) is 0.720. The van der Waals surface area contributed by atoms with Gasteiger partial charge in [0, 0.05) is 44.6 Å². The van der Waals surface area contributed by atoms with E-state index in [2.05, 4.69) is 14.9 Å². The first-order valence-electron chi connectivity index (χ1n) is 10.3. The Morgan fingerprint density at radius 3 is 2.59 bits per heavy atom. The second kappa shape index (κ2) is 7.66. The molecule has 7 nitrogen and oxygen atoms in total. The zero-order chi connectivity index (χ0) is 19.8. The van der Waals surface area contributed by atoms with Gasteiger partial charge in [0.1, 0.15) is 6.10 Å². The van der Waals surface area contributed by atoms with Crippen molar-refractivity contribution in [3.63, 3.8) is 0 Å². The molecule has 0 radical (unpaired) electrons. The van der Waals surface area contributed by atoms with E-state index in [0.29, 0.717) is 24.9 Å². The number of ether oxygens (including phenoxy) is 1. The molecule has 3 heterocycles. The van der Waals surface area contributed by atoms with Crippen LogP contribution in [0.15, 0.2) is 42.7 Å². The highest BCUT2D eigenvalue weighted by atomic mass is 32.2. The third kappa shape index (κ3) is 4.29. The van der Waals surface area contributed by atoms with Gasteiger partial charge < -0.3 is 4.74 Å². The molecule has 8 heteroatoms. The lowest BCUT2D eigenvalue weighted by Crippen LogP contribution is -2.52. The number of piperazine rings is 1. The third-order valence-corrected chi connectivity index (χ3v) is 7.87. The summed E-state index contributed by atoms with van der Waals surface area (Å²) in [6, 6.07) is 9.57. The smallest absolute Gasteiger partial charge is 0.232 e. The molecule has 1 aromatic heterocycles. The number of sulfonamides is 1. The summed E-state index contributed by atoms with van der Waals surface area (Å²) in [4.78, 5) is 11.2. The summed E-state index contributed by atoms with van der Waals surface area (Å²) < 4.78 is 33.4. The Hall–Kier alpha value is -2.03. The molecule has 1 aliphatic carbocycles. The average molecular weight is 415 g/mol. The molecule has 1 saturated carbocycles. The van der Waals surface area contributed by atoms with E-state index in [4.69, 9.17) is 4.74 Å². The molecular formula is C21H26N4O3S. The van der Waals surface area contributed by atoms with Crippen LogP contribution in [0.25, 0.3) is 0 Å². The first-order chi connectivity index (χ1) is 14.1. The second-order valence-corrected chi connectivity index (χ2v) is 10.2. The van der Waals surface area contributed by atoms with Gasteiger partial charge in [0.15, 0.2) is 0 Å². The zero-order valence-corrected chi connectivity index (χ0v) is 17.2. The van der Waals surface area contributed by atoms with Gasteiger partial charge in [-0.2, -0.15) is 4.31 Å². The second-order valence-electron chi connectivity index (χ2n) is 8.28. The van der Waals surface area contributed by atoms with Gasteiger partial charge in [0.2, 0.25) is 15.9 Å². The number of benzene rings is 1. The first-order valence-corrected chi connectivity index (χ1v) is 11.9. The van der Waals surface area contributed by atoms with Crippen LogP contribution in [0.4, 0.5) is 0 Å². The fourth-order valence-corrected chi connectivity index (χ4v) is 5.89. The molecule has 2 aliphatic heterocycles. The number of aromatic nitrogens is 2. The van der Waals surface area contributed by atoms with Crippen molar-refractivity contribution in [1.82, 2.24) is 19.2 Å². The molecular weight excluding hydrogens is 388 g/mol. The standard InChI is InChI=1S/C21H26N4O3S/c26-29(27,15-16-4-2-1-3-5-16)25-9-8-24-14-19(10-18(24)13-25)28-21-12-22-20(11-23-21)17-6-7-17/h1-5,11-12,17-19H,6-10,13-15H2/t18-,19+/m0/s1. The maximum absolute atomic E-state index is 12.9. The van der Waals surface area contributed by atoms with E-state index < -0.39 is 10.0 Å². The minimum atomic E-state index is -3.31. The van der Waals surface area contributed by atoms with E-state index in [1.165, 1.54) is 12.8 Å². The first kappa shape index (κ1) is 19.0. The zero-order valence-electron chi connectivity index (χ0n) is 16.4. The SMILES string of the molecule is O=S(=O)(Cc1ccccc1)N1CCN2C[C@H](Oc3cnc(C4CC4)cn3)C[C@H]2C1. The Bertz CT molecular complexity index is 948. The van der Waals surface area contributed by atoms with Crippen molar-refractivity contribution in [3.8, 4) is 5.88 Å². The van der Waals surface area contributed by atoms with E-state index in [1.807, 2.05) is 36.5 Å². The Morgan fingerprint density at radius 1 is 1.03 bits per heavy atom. The van der Waals surface area contributed by atoms with Crippen LogP contribution in [0, 0.1) is 0 Å². The lowest BCUT2D eigenvalue weighted by Gasteiger charge is -2.36. The highest BCUT2D eigenvalue weighted by Gasteiger charge is 2.40. The number of rotatable bonds is 6. The molecule has 29 heavy (non-hydrogen) atoms. The Balaban J connectivity index is 1.19. The molecule has 0 N–H and O–H groups in total. The van der Waals surface area contributed by atoms with Crippen LogP contribution in [-0.4, -0.2) is 65.9 Å². The molecule has 1 aromatic carbocycles. The monoisotopic (exact) mass is 414 g/mol. The van der Waals surface area contributed by atoms with E-state index >= 15 is 0 Å². The van der Waals surface area contributed by atoms with Gasteiger partial charge in [-0.15, -0.1) is 0 Å². The highest BCUT2D eigenvalue weighted by Crippen LogP contribution is 2.38. The van der Waals surface area contributed by atoms with Crippen molar-refractivity contribution in [2.75, 3.05) is 26.2 Å². The fraction of sp³-hybridized carbons (Fsp3) is 0.524. The summed E-state index contributed by atoms with van der Waals surface area (Å²) in [6.07, 6.45) is 6.80. The lowest BCUT2D eigenvalue weighted by molar-refractivity contribution is 0.151. The number of hydrogen-bond acceptors (Lipinski definition) is 6. The largest absolute Gasteiger partial charge is 0.472 e. The van der Waals surface area contributed by atoms with Gasteiger partial charge in [-0.05, 0) is 18.4 Å². The average Bonchev–Trinajstić information content (AvgIpc) is 3.48. The van der Waals surface area contributed by atoms with Crippen LogP contribution in [0.2, 0.25) is 0 Å². The van der Waals surface area contributed by atoms with Gasteiger partial charge in [-0.1, -0.05) is 30.3 Å². The summed E-state index contributed by atoms with van der Waals surface area (Å²) in [6.45, 7) is 2.61. The van der Waals surface area contributed by atoms with E-state index in [0.717, 1.165) is 30.8 Å². The molecule has 154 valence electrons. The molecule has 0 unspecified atom stereocenters. The van der Waals surface area contributed by atoms with Crippen LogP contribution in [0.5, 0.6) is 5.88 Å². The van der Waals surface area contributed by atoms with E-state index in [9.17, 15) is 8.42 Å². The minimum Gasteiger partial charge on any atom is -0.472 e. The van der Waals surface area contributed by atoms with Crippen molar-refractivity contribution in [2.24, 2.45) is 0 Å². The Morgan fingerprint density at radius 2 is 1.86 bits per heavy atom. The number of fused-ring (bicyclic) bond motifs is 1. The summed E-state index contributed by atoms with van der Waals surface area (Å²) in [5.41, 5.74) is 1.89.